The summed E-state index contributed by atoms with van der Waals surface area (Å²) in [5.41, 5.74) is 0.875. The quantitative estimate of drug-likeness (QED) is 0.877. The van der Waals surface area contributed by atoms with Gasteiger partial charge in [-0.25, -0.2) is 0 Å². The molecular formula is C17H20N2O. The van der Waals surface area contributed by atoms with E-state index in [2.05, 4.69) is 22.8 Å². The zero-order valence-electron chi connectivity index (χ0n) is 11.6. The Morgan fingerprint density at radius 2 is 1.90 bits per heavy atom. The van der Waals surface area contributed by atoms with E-state index in [1.807, 2.05) is 30.3 Å². The monoisotopic (exact) mass is 268 g/mol. The number of rotatable bonds is 2. The smallest absolute Gasteiger partial charge is 0.241 e. The molecule has 1 amide bonds. The first-order valence-corrected chi connectivity index (χ1v) is 7.36. The molecule has 1 heterocycles. The molecule has 1 atom stereocenters. The van der Waals surface area contributed by atoms with Gasteiger partial charge in [0.15, 0.2) is 0 Å². The molecule has 3 heteroatoms. The number of carbonyl (C=O) groups excluding carboxylic acids is 1. The molecular weight excluding hydrogens is 248 g/mol. The lowest BCUT2D eigenvalue weighted by atomic mass is 10.1. The van der Waals surface area contributed by atoms with Gasteiger partial charge >= 0.3 is 0 Å². The molecule has 2 aromatic carbocycles. The average molecular weight is 268 g/mol. The topological polar surface area (TPSA) is 41.1 Å². The maximum Gasteiger partial charge on any atom is 0.241 e. The summed E-state index contributed by atoms with van der Waals surface area (Å²) >= 11 is 0. The molecule has 1 unspecified atom stereocenters. The molecule has 1 saturated heterocycles. The number of fused-ring (bicyclic) bond motifs is 1. The Morgan fingerprint density at radius 1 is 1.05 bits per heavy atom. The molecule has 0 radical (unpaired) electrons. The third-order valence-electron chi connectivity index (χ3n) is 3.89. The highest BCUT2D eigenvalue weighted by Crippen LogP contribution is 2.19. The van der Waals surface area contributed by atoms with Crippen LogP contribution in [0.1, 0.15) is 25.7 Å². The number of amides is 1. The van der Waals surface area contributed by atoms with Crippen LogP contribution in [0.15, 0.2) is 42.5 Å². The van der Waals surface area contributed by atoms with Crippen molar-refractivity contribution in [3.8, 4) is 0 Å². The first-order chi connectivity index (χ1) is 9.83. The fourth-order valence-corrected chi connectivity index (χ4v) is 2.75. The number of hydrogen-bond acceptors (Lipinski definition) is 2. The SMILES string of the molecule is O=C(Nc1ccc2ccccc2c1)C1CCCCCN1. The maximum atomic E-state index is 12.3. The van der Waals surface area contributed by atoms with Gasteiger partial charge in [0, 0.05) is 5.69 Å². The van der Waals surface area contributed by atoms with Gasteiger partial charge in [-0.2, -0.15) is 0 Å². The largest absolute Gasteiger partial charge is 0.325 e. The van der Waals surface area contributed by atoms with E-state index in [4.69, 9.17) is 0 Å². The molecule has 0 aromatic heterocycles. The van der Waals surface area contributed by atoms with Crippen molar-refractivity contribution < 1.29 is 4.79 Å². The Hall–Kier alpha value is -1.87. The molecule has 0 bridgehead atoms. The van der Waals surface area contributed by atoms with Crippen molar-refractivity contribution in [2.45, 2.75) is 31.7 Å². The lowest BCUT2D eigenvalue weighted by Crippen LogP contribution is -2.39. The molecule has 2 N–H and O–H groups in total. The molecule has 20 heavy (non-hydrogen) atoms. The first kappa shape index (κ1) is 13.1. The minimum Gasteiger partial charge on any atom is -0.325 e. The molecule has 1 aliphatic rings. The first-order valence-electron chi connectivity index (χ1n) is 7.36. The molecule has 0 aliphatic carbocycles. The van der Waals surface area contributed by atoms with Crippen LogP contribution in [-0.2, 0) is 4.79 Å². The summed E-state index contributed by atoms with van der Waals surface area (Å²) in [5, 5.41) is 8.70. The zero-order chi connectivity index (χ0) is 13.8. The van der Waals surface area contributed by atoms with E-state index in [0.29, 0.717) is 0 Å². The van der Waals surface area contributed by atoms with Crippen molar-refractivity contribution in [3.05, 3.63) is 42.5 Å². The summed E-state index contributed by atoms with van der Waals surface area (Å²) in [5.74, 6) is 0.0854. The third kappa shape index (κ3) is 2.99. The van der Waals surface area contributed by atoms with E-state index in [9.17, 15) is 4.79 Å². The van der Waals surface area contributed by atoms with Crippen LogP contribution in [0, 0.1) is 0 Å². The van der Waals surface area contributed by atoms with Crippen LogP contribution in [0.2, 0.25) is 0 Å². The maximum absolute atomic E-state index is 12.3. The Morgan fingerprint density at radius 3 is 2.80 bits per heavy atom. The van der Waals surface area contributed by atoms with Crippen LogP contribution >= 0.6 is 0 Å². The Balaban J connectivity index is 1.73. The molecule has 0 spiro atoms. The summed E-state index contributed by atoms with van der Waals surface area (Å²) in [6, 6.07) is 14.2. The van der Waals surface area contributed by atoms with E-state index < -0.39 is 0 Å². The van der Waals surface area contributed by atoms with Gasteiger partial charge < -0.3 is 10.6 Å². The second kappa shape index (κ2) is 6.06. The molecule has 3 rings (SSSR count). The summed E-state index contributed by atoms with van der Waals surface area (Å²) in [7, 11) is 0. The van der Waals surface area contributed by atoms with Gasteiger partial charge in [0.1, 0.15) is 0 Å². The van der Waals surface area contributed by atoms with Gasteiger partial charge in [-0.05, 0) is 42.3 Å². The van der Waals surface area contributed by atoms with Crippen molar-refractivity contribution >= 4 is 22.4 Å². The van der Waals surface area contributed by atoms with E-state index in [1.165, 1.54) is 18.2 Å². The zero-order valence-corrected chi connectivity index (χ0v) is 11.6. The van der Waals surface area contributed by atoms with Crippen LogP contribution < -0.4 is 10.6 Å². The van der Waals surface area contributed by atoms with Gasteiger partial charge in [-0.3, -0.25) is 4.79 Å². The Bertz CT molecular complexity index is 601. The van der Waals surface area contributed by atoms with Crippen molar-refractivity contribution in [1.29, 1.82) is 0 Å². The highest BCUT2D eigenvalue weighted by Gasteiger charge is 2.19. The third-order valence-corrected chi connectivity index (χ3v) is 3.89. The van der Waals surface area contributed by atoms with Crippen LogP contribution in [0.3, 0.4) is 0 Å². The van der Waals surface area contributed by atoms with Crippen LogP contribution in [0.4, 0.5) is 5.69 Å². The lowest BCUT2D eigenvalue weighted by Gasteiger charge is -2.15. The van der Waals surface area contributed by atoms with Crippen LogP contribution in [0.5, 0.6) is 0 Å². The standard InChI is InChI=1S/C17H20N2O/c20-17(16-8-2-1-5-11-18-16)19-15-10-9-13-6-3-4-7-14(13)12-15/h3-4,6-7,9-10,12,16,18H,1-2,5,8,11H2,(H,19,20). The van der Waals surface area contributed by atoms with Crippen LogP contribution in [0.25, 0.3) is 10.8 Å². The molecule has 0 saturated carbocycles. The van der Waals surface area contributed by atoms with Gasteiger partial charge in [-0.1, -0.05) is 43.2 Å². The Labute approximate surface area is 119 Å². The summed E-state index contributed by atoms with van der Waals surface area (Å²) in [6.45, 7) is 0.940. The van der Waals surface area contributed by atoms with Gasteiger partial charge in [-0.15, -0.1) is 0 Å². The Kier molecular flexibility index (Phi) is 3.97. The normalized spacial score (nSPS) is 19.5. The molecule has 1 aliphatic heterocycles. The van der Waals surface area contributed by atoms with Gasteiger partial charge in [0.25, 0.3) is 0 Å². The molecule has 3 nitrogen and oxygen atoms in total. The van der Waals surface area contributed by atoms with Crippen molar-refractivity contribution in [2.75, 3.05) is 11.9 Å². The van der Waals surface area contributed by atoms with Crippen molar-refractivity contribution in [3.63, 3.8) is 0 Å². The van der Waals surface area contributed by atoms with E-state index in [0.717, 1.165) is 30.5 Å². The number of carbonyl (C=O) groups is 1. The minimum atomic E-state index is -0.0519. The van der Waals surface area contributed by atoms with E-state index in [-0.39, 0.29) is 11.9 Å². The molecule has 1 fully saturated rings. The minimum absolute atomic E-state index is 0.0519. The van der Waals surface area contributed by atoms with Crippen LogP contribution in [-0.4, -0.2) is 18.5 Å². The fraction of sp³-hybridized carbons (Fsp3) is 0.353. The summed E-state index contributed by atoms with van der Waals surface area (Å²) in [6.07, 6.45) is 4.44. The van der Waals surface area contributed by atoms with Gasteiger partial charge in [0.05, 0.1) is 6.04 Å². The molecule has 2 aromatic rings. The number of nitrogens with one attached hydrogen (secondary N) is 2. The fourth-order valence-electron chi connectivity index (χ4n) is 2.75. The molecule has 104 valence electrons. The second-order valence-corrected chi connectivity index (χ2v) is 5.41. The van der Waals surface area contributed by atoms with E-state index in [1.54, 1.807) is 0 Å². The summed E-state index contributed by atoms with van der Waals surface area (Å²) < 4.78 is 0. The number of anilines is 1. The van der Waals surface area contributed by atoms with Gasteiger partial charge in [0.2, 0.25) is 5.91 Å². The predicted molar refractivity (Wildman–Crippen MR) is 82.8 cm³/mol. The highest BCUT2D eigenvalue weighted by atomic mass is 16.2. The highest BCUT2D eigenvalue weighted by molar-refractivity contribution is 5.97. The number of benzene rings is 2. The number of hydrogen-bond donors (Lipinski definition) is 2. The lowest BCUT2D eigenvalue weighted by molar-refractivity contribution is -0.118. The second-order valence-electron chi connectivity index (χ2n) is 5.41. The van der Waals surface area contributed by atoms with E-state index >= 15 is 0 Å². The van der Waals surface area contributed by atoms with Crippen molar-refractivity contribution in [1.82, 2.24) is 5.32 Å². The average Bonchev–Trinajstić information content (AvgIpc) is 2.76. The summed E-state index contributed by atoms with van der Waals surface area (Å²) in [4.78, 5) is 12.3. The van der Waals surface area contributed by atoms with Crippen molar-refractivity contribution in [2.24, 2.45) is 0 Å². The predicted octanol–water partition coefficient (Wildman–Crippen LogP) is 3.31.